The van der Waals surface area contributed by atoms with Gasteiger partial charge in [0.1, 0.15) is 17.1 Å². The topological polar surface area (TPSA) is 75.9 Å². The SMILES string of the molecule is COc1ccccc1N1C[C@H](NC(=O)c2cn3cc(C)ccc3n2)CC1=O. The standard InChI is InChI=1S/C20H20N4O3/c1-13-7-8-18-22-15(12-23(18)10-13)20(26)21-14-9-19(25)24(11-14)16-5-3-4-6-17(16)27-2/h3-8,10,12,14H,9,11H2,1-2H3,(H,21,26)/t14-/m1/s1. The highest BCUT2D eigenvalue weighted by molar-refractivity contribution is 5.99. The Kier molecular flexibility index (Phi) is 4.27. The van der Waals surface area contributed by atoms with Gasteiger partial charge in [0, 0.05) is 25.4 Å². The molecular formula is C20H20N4O3. The molecule has 27 heavy (non-hydrogen) atoms. The molecule has 0 radical (unpaired) electrons. The molecule has 2 amide bonds. The number of nitrogens with zero attached hydrogens (tertiary/aromatic N) is 3. The van der Waals surface area contributed by atoms with E-state index < -0.39 is 0 Å². The molecule has 1 aliphatic rings. The number of amides is 2. The van der Waals surface area contributed by atoms with Crippen LogP contribution in [0.2, 0.25) is 0 Å². The van der Waals surface area contributed by atoms with Gasteiger partial charge in [-0.15, -0.1) is 0 Å². The normalized spacial score (nSPS) is 16.7. The summed E-state index contributed by atoms with van der Waals surface area (Å²) in [7, 11) is 1.57. The van der Waals surface area contributed by atoms with E-state index in [1.165, 1.54) is 0 Å². The zero-order valence-corrected chi connectivity index (χ0v) is 15.2. The number of carbonyl (C=O) groups excluding carboxylic acids is 2. The second kappa shape index (κ2) is 6.75. The van der Waals surface area contributed by atoms with E-state index in [2.05, 4.69) is 10.3 Å². The number of pyridine rings is 1. The number of hydrogen-bond acceptors (Lipinski definition) is 4. The molecule has 3 aromatic rings. The minimum atomic E-state index is -0.281. The maximum atomic E-state index is 12.6. The fraction of sp³-hybridized carbons (Fsp3) is 0.250. The molecule has 0 aliphatic carbocycles. The van der Waals surface area contributed by atoms with Crippen molar-refractivity contribution in [2.45, 2.75) is 19.4 Å². The van der Waals surface area contributed by atoms with Crippen LogP contribution < -0.4 is 15.0 Å². The van der Waals surface area contributed by atoms with Gasteiger partial charge in [0.2, 0.25) is 5.91 Å². The lowest BCUT2D eigenvalue weighted by Gasteiger charge is -2.19. The monoisotopic (exact) mass is 364 g/mol. The second-order valence-corrected chi connectivity index (χ2v) is 6.65. The van der Waals surface area contributed by atoms with Gasteiger partial charge in [0.05, 0.1) is 18.8 Å². The van der Waals surface area contributed by atoms with Crippen molar-refractivity contribution < 1.29 is 14.3 Å². The lowest BCUT2D eigenvalue weighted by atomic mass is 10.2. The van der Waals surface area contributed by atoms with E-state index >= 15 is 0 Å². The predicted molar refractivity (Wildman–Crippen MR) is 101 cm³/mol. The highest BCUT2D eigenvalue weighted by Gasteiger charge is 2.33. The first-order valence-corrected chi connectivity index (χ1v) is 8.75. The average Bonchev–Trinajstić information content (AvgIpc) is 3.24. The number of fused-ring (bicyclic) bond motifs is 1. The molecule has 1 N–H and O–H groups in total. The number of ether oxygens (including phenoxy) is 1. The summed E-state index contributed by atoms with van der Waals surface area (Å²) in [6, 6.07) is 10.9. The summed E-state index contributed by atoms with van der Waals surface area (Å²) in [4.78, 5) is 31.0. The smallest absolute Gasteiger partial charge is 0.271 e. The van der Waals surface area contributed by atoms with Crippen LogP contribution in [0.3, 0.4) is 0 Å². The maximum Gasteiger partial charge on any atom is 0.271 e. The van der Waals surface area contributed by atoms with Gasteiger partial charge in [-0.1, -0.05) is 18.2 Å². The van der Waals surface area contributed by atoms with E-state index in [0.717, 1.165) is 5.56 Å². The highest BCUT2D eigenvalue weighted by Crippen LogP contribution is 2.31. The molecule has 1 fully saturated rings. The Balaban J connectivity index is 1.49. The number of aromatic nitrogens is 2. The van der Waals surface area contributed by atoms with Crippen molar-refractivity contribution >= 4 is 23.1 Å². The van der Waals surface area contributed by atoms with Gasteiger partial charge in [-0.05, 0) is 30.7 Å². The third-order valence-corrected chi connectivity index (χ3v) is 4.67. The third-order valence-electron chi connectivity index (χ3n) is 4.67. The minimum Gasteiger partial charge on any atom is -0.495 e. The summed E-state index contributed by atoms with van der Waals surface area (Å²) < 4.78 is 7.17. The number of hydrogen-bond donors (Lipinski definition) is 1. The van der Waals surface area contributed by atoms with Gasteiger partial charge in [-0.25, -0.2) is 4.98 Å². The number of benzene rings is 1. The number of rotatable bonds is 4. The van der Waals surface area contributed by atoms with Crippen LogP contribution in [0, 0.1) is 6.92 Å². The van der Waals surface area contributed by atoms with Crippen LogP contribution in [0.1, 0.15) is 22.5 Å². The quantitative estimate of drug-likeness (QED) is 0.770. The zero-order valence-electron chi connectivity index (χ0n) is 15.2. The van der Waals surface area contributed by atoms with Gasteiger partial charge in [-0.3, -0.25) is 9.59 Å². The predicted octanol–water partition coefficient (Wildman–Crippen LogP) is 2.19. The fourth-order valence-corrected chi connectivity index (χ4v) is 3.36. The van der Waals surface area contributed by atoms with E-state index in [1.807, 2.05) is 53.9 Å². The Bertz CT molecular complexity index is 1030. The molecule has 0 saturated carbocycles. The maximum absolute atomic E-state index is 12.6. The summed E-state index contributed by atoms with van der Waals surface area (Å²) in [5.74, 6) is 0.306. The number of aryl methyl sites for hydroxylation is 1. The first-order chi connectivity index (χ1) is 13.0. The lowest BCUT2D eigenvalue weighted by molar-refractivity contribution is -0.117. The van der Waals surface area contributed by atoms with Crippen molar-refractivity contribution in [3.8, 4) is 5.75 Å². The van der Waals surface area contributed by atoms with Crippen LogP contribution in [0.5, 0.6) is 5.75 Å². The number of methoxy groups -OCH3 is 1. The third kappa shape index (κ3) is 3.23. The summed E-state index contributed by atoms with van der Waals surface area (Å²) in [6.45, 7) is 2.38. The zero-order chi connectivity index (χ0) is 19.0. The summed E-state index contributed by atoms with van der Waals surface area (Å²) in [5.41, 5.74) is 2.85. The second-order valence-electron chi connectivity index (χ2n) is 6.65. The number of carbonyl (C=O) groups is 2. The number of imidazole rings is 1. The van der Waals surface area contributed by atoms with Crippen LogP contribution in [-0.2, 0) is 4.79 Å². The number of para-hydroxylation sites is 2. The Morgan fingerprint density at radius 1 is 1.22 bits per heavy atom. The van der Waals surface area contributed by atoms with Crippen LogP contribution in [0.4, 0.5) is 5.69 Å². The van der Waals surface area contributed by atoms with Gasteiger partial charge in [0.15, 0.2) is 0 Å². The van der Waals surface area contributed by atoms with E-state index in [0.29, 0.717) is 29.3 Å². The molecule has 0 unspecified atom stereocenters. The van der Waals surface area contributed by atoms with Gasteiger partial charge < -0.3 is 19.4 Å². The summed E-state index contributed by atoms with van der Waals surface area (Å²) in [5, 5.41) is 2.92. The number of nitrogens with one attached hydrogen (secondary N) is 1. The molecule has 3 heterocycles. The van der Waals surface area contributed by atoms with Gasteiger partial charge >= 0.3 is 0 Å². The van der Waals surface area contributed by atoms with E-state index in [4.69, 9.17) is 4.74 Å². The van der Waals surface area contributed by atoms with E-state index in [-0.39, 0.29) is 24.3 Å². The molecule has 4 rings (SSSR count). The average molecular weight is 364 g/mol. The molecule has 1 atom stereocenters. The first-order valence-electron chi connectivity index (χ1n) is 8.75. The molecular weight excluding hydrogens is 344 g/mol. The van der Waals surface area contributed by atoms with Crippen LogP contribution in [-0.4, -0.2) is 40.9 Å². The fourth-order valence-electron chi connectivity index (χ4n) is 3.36. The van der Waals surface area contributed by atoms with Crippen LogP contribution >= 0.6 is 0 Å². The Morgan fingerprint density at radius 2 is 2.04 bits per heavy atom. The molecule has 7 nitrogen and oxygen atoms in total. The molecule has 7 heteroatoms. The van der Waals surface area contributed by atoms with Crippen LogP contribution in [0.25, 0.3) is 5.65 Å². The first kappa shape index (κ1) is 17.1. The van der Waals surface area contributed by atoms with Crippen LogP contribution in [0.15, 0.2) is 48.8 Å². The highest BCUT2D eigenvalue weighted by atomic mass is 16.5. The van der Waals surface area contributed by atoms with Crippen molar-refractivity contribution in [2.24, 2.45) is 0 Å². The van der Waals surface area contributed by atoms with E-state index in [1.54, 1.807) is 18.2 Å². The Labute approximate surface area is 156 Å². The number of anilines is 1. The molecule has 1 aliphatic heterocycles. The van der Waals surface area contributed by atoms with Gasteiger partial charge in [-0.2, -0.15) is 0 Å². The largest absolute Gasteiger partial charge is 0.495 e. The van der Waals surface area contributed by atoms with Crippen molar-refractivity contribution in [2.75, 3.05) is 18.6 Å². The molecule has 2 aromatic heterocycles. The minimum absolute atomic E-state index is 0.0459. The molecule has 0 spiro atoms. The summed E-state index contributed by atoms with van der Waals surface area (Å²) >= 11 is 0. The van der Waals surface area contributed by atoms with Crippen molar-refractivity contribution in [1.29, 1.82) is 0 Å². The molecule has 1 saturated heterocycles. The van der Waals surface area contributed by atoms with Gasteiger partial charge in [0.25, 0.3) is 5.91 Å². The summed E-state index contributed by atoms with van der Waals surface area (Å²) in [6.07, 6.45) is 3.87. The molecule has 0 bridgehead atoms. The Morgan fingerprint density at radius 3 is 2.85 bits per heavy atom. The van der Waals surface area contributed by atoms with Crippen molar-refractivity contribution in [1.82, 2.24) is 14.7 Å². The molecule has 1 aromatic carbocycles. The van der Waals surface area contributed by atoms with E-state index in [9.17, 15) is 9.59 Å². The molecule has 138 valence electrons. The lowest BCUT2D eigenvalue weighted by Crippen LogP contribution is -2.37. The Hall–Kier alpha value is -3.35. The van der Waals surface area contributed by atoms with Crippen molar-refractivity contribution in [3.63, 3.8) is 0 Å². The van der Waals surface area contributed by atoms with Crippen molar-refractivity contribution in [3.05, 3.63) is 60.0 Å².